The fourth-order valence-electron chi connectivity index (χ4n) is 1.03. The van der Waals surface area contributed by atoms with Crippen molar-refractivity contribution in [2.75, 3.05) is 26.1 Å². The first-order chi connectivity index (χ1) is 7.19. The van der Waals surface area contributed by atoms with Crippen molar-refractivity contribution in [3.05, 3.63) is 16.7 Å². The number of aromatic amines is 1. The van der Waals surface area contributed by atoms with E-state index in [-0.39, 0.29) is 17.4 Å². The minimum absolute atomic E-state index is 0.0378. The van der Waals surface area contributed by atoms with Crippen LogP contribution in [0.15, 0.2) is 11.1 Å². The third kappa shape index (κ3) is 2.95. The second-order valence-corrected chi connectivity index (χ2v) is 3.04. The Labute approximate surface area is 87.6 Å². The largest absolute Gasteiger partial charge is 0.489 e. The first-order valence-corrected chi connectivity index (χ1v) is 4.57. The van der Waals surface area contributed by atoms with Crippen LogP contribution >= 0.6 is 0 Å². The fourth-order valence-corrected chi connectivity index (χ4v) is 1.03. The molecule has 0 bridgehead atoms. The van der Waals surface area contributed by atoms with E-state index in [4.69, 9.17) is 9.47 Å². The monoisotopic (exact) mass is 213 g/mol. The molecule has 1 aromatic rings. The highest BCUT2D eigenvalue weighted by Crippen LogP contribution is 2.13. The average Bonchev–Trinajstić information content (AvgIpc) is 2.25. The molecule has 15 heavy (non-hydrogen) atoms. The molecule has 1 atom stereocenters. The number of nitrogens with zero attached hydrogens (tertiary/aromatic N) is 1. The lowest BCUT2D eigenvalue weighted by Gasteiger charge is -2.12. The summed E-state index contributed by atoms with van der Waals surface area (Å²) < 4.78 is 9.99. The zero-order valence-corrected chi connectivity index (χ0v) is 9.03. The van der Waals surface area contributed by atoms with Crippen LogP contribution in [0.3, 0.4) is 0 Å². The molecule has 0 aromatic carbocycles. The molecule has 1 rings (SSSR count). The summed E-state index contributed by atoms with van der Waals surface area (Å²) in [6.45, 7) is 2.47. The molecular weight excluding hydrogens is 198 g/mol. The molecule has 0 radical (unpaired) electrons. The molecule has 1 unspecified atom stereocenters. The van der Waals surface area contributed by atoms with Crippen molar-refractivity contribution < 1.29 is 9.47 Å². The van der Waals surface area contributed by atoms with Gasteiger partial charge in [-0.2, -0.15) is 0 Å². The lowest BCUT2D eigenvalue weighted by atomic mass is 10.4. The highest BCUT2D eigenvalue weighted by molar-refractivity contribution is 5.47. The van der Waals surface area contributed by atoms with Crippen LogP contribution in [0.25, 0.3) is 0 Å². The molecule has 0 spiro atoms. The Bertz CT molecular complexity index is 364. The van der Waals surface area contributed by atoms with Gasteiger partial charge in [0, 0.05) is 13.7 Å². The number of methoxy groups -OCH3 is 2. The number of ether oxygens (including phenoxy) is 2. The molecule has 1 aromatic heterocycles. The molecule has 2 N–H and O–H groups in total. The molecule has 0 aliphatic carbocycles. The van der Waals surface area contributed by atoms with E-state index >= 15 is 0 Å². The van der Waals surface area contributed by atoms with Crippen LogP contribution in [-0.2, 0) is 4.74 Å². The highest BCUT2D eigenvalue weighted by atomic mass is 16.5. The minimum atomic E-state index is -0.305. The molecule has 0 aliphatic heterocycles. The molecule has 0 fully saturated rings. The summed E-state index contributed by atoms with van der Waals surface area (Å²) in [5, 5.41) is 2.97. The molecule has 6 nitrogen and oxygen atoms in total. The zero-order valence-electron chi connectivity index (χ0n) is 9.03. The van der Waals surface area contributed by atoms with E-state index < -0.39 is 0 Å². The van der Waals surface area contributed by atoms with E-state index in [2.05, 4.69) is 15.3 Å². The number of hydrogen-bond acceptors (Lipinski definition) is 5. The summed E-state index contributed by atoms with van der Waals surface area (Å²) >= 11 is 0. The van der Waals surface area contributed by atoms with Crippen molar-refractivity contribution in [1.82, 2.24) is 9.97 Å². The minimum Gasteiger partial charge on any atom is -0.489 e. The molecule has 0 aliphatic rings. The van der Waals surface area contributed by atoms with Gasteiger partial charge >= 0.3 is 0 Å². The Hall–Kier alpha value is -1.56. The Morgan fingerprint density at radius 3 is 2.93 bits per heavy atom. The number of aromatic nitrogens is 2. The Kier molecular flexibility index (Phi) is 4.11. The second kappa shape index (κ2) is 5.35. The van der Waals surface area contributed by atoms with Crippen molar-refractivity contribution >= 4 is 5.82 Å². The van der Waals surface area contributed by atoms with Gasteiger partial charge in [0.1, 0.15) is 0 Å². The van der Waals surface area contributed by atoms with Gasteiger partial charge in [-0.25, -0.2) is 4.98 Å². The smallest absolute Gasteiger partial charge is 0.295 e. The summed E-state index contributed by atoms with van der Waals surface area (Å²) in [5.41, 5.74) is -0.305. The Morgan fingerprint density at radius 2 is 2.33 bits per heavy atom. The van der Waals surface area contributed by atoms with Crippen molar-refractivity contribution in [1.29, 1.82) is 0 Å². The Morgan fingerprint density at radius 1 is 1.60 bits per heavy atom. The number of nitrogens with one attached hydrogen (secondary N) is 2. The Balaban J connectivity index is 2.76. The molecular formula is C9H15N3O3. The number of H-pyrrole nitrogens is 1. The van der Waals surface area contributed by atoms with Gasteiger partial charge in [-0.1, -0.05) is 0 Å². The van der Waals surface area contributed by atoms with Crippen molar-refractivity contribution in [3.63, 3.8) is 0 Å². The van der Waals surface area contributed by atoms with Gasteiger partial charge in [-0.15, -0.1) is 0 Å². The predicted molar refractivity (Wildman–Crippen MR) is 56.4 cm³/mol. The third-order valence-corrected chi connectivity index (χ3v) is 1.97. The first-order valence-electron chi connectivity index (χ1n) is 4.57. The summed E-state index contributed by atoms with van der Waals surface area (Å²) in [7, 11) is 3.05. The zero-order chi connectivity index (χ0) is 11.3. The van der Waals surface area contributed by atoms with Gasteiger partial charge in [0.2, 0.25) is 5.75 Å². The van der Waals surface area contributed by atoms with Crippen LogP contribution in [-0.4, -0.2) is 36.8 Å². The summed E-state index contributed by atoms with van der Waals surface area (Å²) in [5.74, 6) is 0.603. The molecule has 1 heterocycles. The van der Waals surface area contributed by atoms with Crippen molar-refractivity contribution in [2.45, 2.75) is 13.0 Å². The maximum Gasteiger partial charge on any atom is 0.295 e. The molecule has 84 valence electrons. The molecule has 6 heteroatoms. The van der Waals surface area contributed by atoms with Gasteiger partial charge < -0.3 is 19.8 Å². The second-order valence-electron chi connectivity index (χ2n) is 3.04. The molecule has 0 saturated carbocycles. The summed E-state index contributed by atoms with van der Waals surface area (Å²) in [6.07, 6.45) is 1.36. The normalized spacial score (nSPS) is 12.2. The standard InChI is InChI=1S/C9H15N3O3/c1-6(14-2)4-10-8-7(15-3)9(13)12-5-11-8/h5-6H,4H2,1-3H3,(H2,10,11,12,13). The lowest BCUT2D eigenvalue weighted by Crippen LogP contribution is -2.21. The number of hydrogen-bond donors (Lipinski definition) is 2. The average molecular weight is 213 g/mol. The third-order valence-electron chi connectivity index (χ3n) is 1.97. The van der Waals surface area contributed by atoms with Gasteiger partial charge in [-0.3, -0.25) is 4.79 Å². The topological polar surface area (TPSA) is 76.2 Å². The molecule has 0 saturated heterocycles. The number of rotatable bonds is 5. The quantitative estimate of drug-likeness (QED) is 0.732. The van der Waals surface area contributed by atoms with Gasteiger partial charge in [0.05, 0.1) is 19.5 Å². The van der Waals surface area contributed by atoms with E-state index in [1.54, 1.807) is 7.11 Å². The summed E-state index contributed by atoms with van der Waals surface area (Å²) in [6, 6.07) is 0. The van der Waals surface area contributed by atoms with Gasteiger partial charge in [0.25, 0.3) is 5.56 Å². The van der Waals surface area contributed by atoms with Crippen LogP contribution in [0.5, 0.6) is 5.75 Å². The van der Waals surface area contributed by atoms with Gasteiger partial charge in [0.15, 0.2) is 5.82 Å². The van der Waals surface area contributed by atoms with E-state index in [0.717, 1.165) is 0 Å². The van der Waals surface area contributed by atoms with Crippen LogP contribution in [0, 0.1) is 0 Å². The maximum absolute atomic E-state index is 11.3. The van der Waals surface area contributed by atoms with Crippen molar-refractivity contribution in [3.8, 4) is 5.75 Å². The van der Waals surface area contributed by atoms with Crippen molar-refractivity contribution in [2.24, 2.45) is 0 Å². The van der Waals surface area contributed by atoms with E-state index in [1.807, 2.05) is 6.92 Å². The van der Waals surface area contributed by atoms with Crippen LogP contribution in [0.1, 0.15) is 6.92 Å². The van der Waals surface area contributed by atoms with E-state index in [1.165, 1.54) is 13.4 Å². The van der Waals surface area contributed by atoms with Crippen LogP contribution in [0.4, 0.5) is 5.82 Å². The fraction of sp³-hybridized carbons (Fsp3) is 0.556. The molecule has 0 amide bonds. The van der Waals surface area contributed by atoms with Gasteiger partial charge in [-0.05, 0) is 6.92 Å². The van der Waals surface area contributed by atoms with Crippen LogP contribution < -0.4 is 15.6 Å². The van der Waals surface area contributed by atoms with E-state index in [0.29, 0.717) is 12.4 Å². The number of anilines is 1. The SMILES string of the molecule is COc1c(NCC(C)OC)nc[nH]c1=O. The first kappa shape index (κ1) is 11.5. The summed E-state index contributed by atoms with van der Waals surface area (Å²) in [4.78, 5) is 17.7. The highest BCUT2D eigenvalue weighted by Gasteiger charge is 2.09. The van der Waals surface area contributed by atoms with E-state index in [9.17, 15) is 4.79 Å². The predicted octanol–water partition coefficient (Wildman–Crippen LogP) is 0.225. The van der Waals surface area contributed by atoms with Crippen LogP contribution in [0.2, 0.25) is 0 Å². The lowest BCUT2D eigenvalue weighted by molar-refractivity contribution is 0.128. The maximum atomic E-state index is 11.3.